The lowest BCUT2D eigenvalue weighted by Gasteiger charge is -2.03. The molecule has 0 aromatic carbocycles. The van der Waals surface area contributed by atoms with E-state index in [9.17, 15) is 0 Å². The second kappa shape index (κ2) is 3.36. The van der Waals surface area contributed by atoms with Gasteiger partial charge in [0.15, 0.2) is 0 Å². The first-order chi connectivity index (χ1) is 5.75. The average Bonchev–Trinajstić information content (AvgIpc) is 2.58. The van der Waals surface area contributed by atoms with Crippen LogP contribution < -0.4 is 5.32 Å². The molecule has 66 valence electrons. The summed E-state index contributed by atoms with van der Waals surface area (Å²) < 4.78 is 0.907. The van der Waals surface area contributed by atoms with Gasteiger partial charge in [0.1, 0.15) is 0 Å². The third kappa shape index (κ3) is 1.65. The van der Waals surface area contributed by atoms with Crippen LogP contribution in [-0.4, -0.2) is 12.6 Å². The average molecular weight is 202 g/mol. The molecular formula is C9H12ClNS. The number of nitrogens with one attached hydrogen (secondary N) is 1. The quantitative estimate of drug-likeness (QED) is 0.737. The van der Waals surface area contributed by atoms with Gasteiger partial charge in [-0.15, -0.1) is 11.3 Å². The van der Waals surface area contributed by atoms with Crippen LogP contribution in [0, 0.1) is 0 Å². The third-order valence-electron chi connectivity index (χ3n) is 2.35. The first kappa shape index (κ1) is 8.54. The molecule has 0 bridgehead atoms. The first-order valence-corrected chi connectivity index (χ1v) is 5.44. The maximum Gasteiger partial charge on any atom is 0.0931 e. The van der Waals surface area contributed by atoms with Crippen LogP contribution in [0.3, 0.4) is 0 Å². The zero-order valence-electron chi connectivity index (χ0n) is 7.01. The normalized spacial score (nSPS) is 29.5. The second-order valence-electron chi connectivity index (χ2n) is 3.38. The van der Waals surface area contributed by atoms with Crippen LogP contribution in [0.4, 0.5) is 0 Å². The van der Waals surface area contributed by atoms with E-state index < -0.39 is 0 Å². The molecule has 0 saturated carbocycles. The molecule has 1 nitrogen and oxygen atoms in total. The first-order valence-electron chi connectivity index (χ1n) is 4.24. The molecule has 2 unspecified atom stereocenters. The molecule has 1 N–H and O–H groups in total. The molecule has 0 amide bonds. The standard InChI is InChI=1S/C9H12ClNS/c1-6-4-7(5-11-6)8-2-3-9(10)12-8/h2-3,6-7,11H,4-5H2,1H3. The van der Waals surface area contributed by atoms with E-state index in [-0.39, 0.29) is 0 Å². The van der Waals surface area contributed by atoms with Crippen LogP contribution in [0.5, 0.6) is 0 Å². The van der Waals surface area contributed by atoms with Gasteiger partial charge in [-0.1, -0.05) is 11.6 Å². The van der Waals surface area contributed by atoms with Crippen molar-refractivity contribution in [3.63, 3.8) is 0 Å². The molecule has 0 aliphatic carbocycles. The highest BCUT2D eigenvalue weighted by molar-refractivity contribution is 7.16. The second-order valence-corrected chi connectivity index (χ2v) is 5.13. The Balaban J connectivity index is 2.11. The Morgan fingerprint density at radius 2 is 2.42 bits per heavy atom. The molecule has 1 saturated heterocycles. The maximum atomic E-state index is 5.87. The molecule has 1 aliphatic heterocycles. The predicted octanol–water partition coefficient (Wildman–Crippen LogP) is 2.87. The van der Waals surface area contributed by atoms with Gasteiger partial charge in [-0.25, -0.2) is 0 Å². The summed E-state index contributed by atoms with van der Waals surface area (Å²) in [6.07, 6.45) is 1.25. The van der Waals surface area contributed by atoms with Crippen LogP contribution in [0.1, 0.15) is 24.1 Å². The van der Waals surface area contributed by atoms with E-state index in [4.69, 9.17) is 11.6 Å². The fourth-order valence-electron chi connectivity index (χ4n) is 1.70. The number of thiophene rings is 1. The van der Waals surface area contributed by atoms with E-state index in [1.807, 2.05) is 6.07 Å². The van der Waals surface area contributed by atoms with E-state index in [0.717, 1.165) is 10.9 Å². The van der Waals surface area contributed by atoms with Gasteiger partial charge in [-0.2, -0.15) is 0 Å². The molecule has 0 spiro atoms. The van der Waals surface area contributed by atoms with Crippen molar-refractivity contribution in [1.29, 1.82) is 0 Å². The summed E-state index contributed by atoms with van der Waals surface area (Å²) in [5.74, 6) is 0.692. The van der Waals surface area contributed by atoms with Gasteiger partial charge in [-0.3, -0.25) is 0 Å². The van der Waals surface area contributed by atoms with Gasteiger partial charge in [0.05, 0.1) is 4.34 Å². The number of halogens is 1. The topological polar surface area (TPSA) is 12.0 Å². The highest BCUT2D eigenvalue weighted by atomic mass is 35.5. The van der Waals surface area contributed by atoms with Crippen molar-refractivity contribution in [1.82, 2.24) is 5.32 Å². The minimum absolute atomic E-state index is 0.663. The minimum atomic E-state index is 0.663. The molecule has 2 atom stereocenters. The number of hydrogen-bond acceptors (Lipinski definition) is 2. The summed E-state index contributed by atoms with van der Waals surface area (Å²) in [7, 11) is 0. The summed E-state index contributed by atoms with van der Waals surface area (Å²) in [5, 5.41) is 3.44. The highest BCUT2D eigenvalue weighted by Crippen LogP contribution is 2.32. The highest BCUT2D eigenvalue weighted by Gasteiger charge is 2.22. The van der Waals surface area contributed by atoms with E-state index in [1.165, 1.54) is 11.3 Å². The fourth-order valence-corrected chi connectivity index (χ4v) is 2.88. The summed E-state index contributed by atoms with van der Waals surface area (Å²) in [6.45, 7) is 3.34. The Hall–Kier alpha value is -0.0500. The maximum absolute atomic E-state index is 5.87. The van der Waals surface area contributed by atoms with E-state index in [1.54, 1.807) is 11.3 Å². The van der Waals surface area contributed by atoms with Crippen molar-refractivity contribution < 1.29 is 0 Å². The SMILES string of the molecule is CC1CC(c2ccc(Cl)s2)CN1. The third-order valence-corrected chi connectivity index (χ3v) is 3.74. The molecule has 3 heteroatoms. The monoisotopic (exact) mass is 201 g/mol. The number of hydrogen-bond donors (Lipinski definition) is 1. The van der Waals surface area contributed by atoms with Crippen LogP contribution in [0.15, 0.2) is 12.1 Å². The minimum Gasteiger partial charge on any atom is -0.314 e. The molecule has 2 rings (SSSR count). The van der Waals surface area contributed by atoms with Gasteiger partial charge in [0.2, 0.25) is 0 Å². The van der Waals surface area contributed by atoms with Gasteiger partial charge in [0.25, 0.3) is 0 Å². The van der Waals surface area contributed by atoms with Crippen LogP contribution in [0.2, 0.25) is 4.34 Å². The van der Waals surface area contributed by atoms with E-state index in [2.05, 4.69) is 18.3 Å². The van der Waals surface area contributed by atoms with Crippen LogP contribution in [-0.2, 0) is 0 Å². The van der Waals surface area contributed by atoms with Crippen LogP contribution >= 0.6 is 22.9 Å². The summed E-state index contributed by atoms with van der Waals surface area (Å²) in [6, 6.07) is 4.80. The van der Waals surface area contributed by atoms with E-state index in [0.29, 0.717) is 12.0 Å². The van der Waals surface area contributed by atoms with Gasteiger partial charge in [0, 0.05) is 23.4 Å². The van der Waals surface area contributed by atoms with Crippen molar-refractivity contribution in [2.45, 2.75) is 25.3 Å². The summed E-state index contributed by atoms with van der Waals surface area (Å²) >= 11 is 7.59. The molecule has 2 heterocycles. The zero-order chi connectivity index (χ0) is 8.55. The molecule has 12 heavy (non-hydrogen) atoms. The number of rotatable bonds is 1. The lowest BCUT2D eigenvalue weighted by molar-refractivity contribution is 0.659. The smallest absolute Gasteiger partial charge is 0.0931 e. The molecule has 1 fully saturated rings. The lowest BCUT2D eigenvalue weighted by Crippen LogP contribution is -2.16. The molecule has 0 radical (unpaired) electrons. The zero-order valence-corrected chi connectivity index (χ0v) is 8.58. The Bertz CT molecular complexity index is 271. The largest absolute Gasteiger partial charge is 0.314 e. The molecule has 1 aromatic rings. The van der Waals surface area contributed by atoms with Crippen molar-refractivity contribution >= 4 is 22.9 Å². The lowest BCUT2D eigenvalue weighted by atomic mass is 10.1. The Labute approximate surface area is 81.7 Å². The van der Waals surface area contributed by atoms with Crippen molar-refractivity contribution in [2.24, 2.45) is 0 Å². The summed E-state index contributed by atoms with van der Waals surface area (Å²) in [4.78, 5) is 1.43. The van der Waals surface area contributed by atoms with Crippen molar-refractivity contribution in [3.05, 3.63) is 21.3 Å². The Morgan fingerprint density at radius 3 is 2.92 bits per heavy atom. The van der Waals surface area contributed by atoms with Crippen molar-refractivity contribution in [3.8, 4) is 0 Å². The molecular weight excluding hydrogens is 190 g/mol. The Kier molecular flexibility index (Phi) is 2.40. The Morgan fingerprint density at radius 1 is 1.58 bits per heavy atom. The van der Waals surface area contributed by atoms with Crippen molar-refractivity contribution in [2.75, 3.05) is 6.54 Å². The molecule has 1 aliphatic rings. The molecule has 1 aromatic heterocycles. The van der Waals surface area contributed by atoms with Gasteiger partial charge in [-0.05, 0) is 25.5 Å². The predicted molar refractivity (Wildman–Crippen MR) is 54.2 cm³/mol. The van der Waals surface area contributed by atoms with Gasteiger partial charge >= 0.3 is 0 Å². The summed E-state index contributed by atoms with van der Waals surface area (Å²) in [5.41, 5.74) is 0. The van der Waals surface area contributed by atoms with Gasteiger partial charge < -0.3 is 5.32 Å². The van der Waals surface area contributed by atoms with Crippen LogP contribution in [0.25, 0.3) is 0 Å². The fraction of sp³-hybridized carbons (Fsp3) is 0.556. The van der Waals surface area contributed by atoms with E-state index >= 15 is 0 Å².